The summed E-state index contributed by atoms with van der Waals surface area (Å²) in [6.45, 7) is 0.703. The fourth-order valence-corrected chi connectivity index (χ4v) is 3.28. The van der Waals surface area contributed by atoms with Crippen LogP contribution < -0.4 is 5.32 Å². The molecule has 1 aliphatic heterocycles. The maximum atomic E-state index is 13.1. The fraction of sp³-hybridized carbons (Fsp3) is 0.333. The number of benzene rings is 2. The van der Waals surface area contributed by atoms with E-state index in [2.05, 4.69) is 5.32 Å². The summed E-state index contributed by atoms with van der Waals surface area (Å²) in [5.41, 5.74) is 1.72. The van der Waals surface area contributed by atoms with Crippen molar-refractivity contribution in [2.24, 2.45) is 0 Å². The lowest BCUT2D eigenvalue weighted by molar-refractivity contribution is -0.144. The van der Waals surface area contributed by atoms with Gasteiger partial charge in [0.25, 0.3) is 0 Å². The third-order valence-electron chi connectivity index (χ3n) is 4.76. The second-order valence-electron chi connectivity index (χ2n) is 6.72. The van der Waals surface area contributed by atoms with E-state index in [9.17, 15) is 18.4 Å². The van der Waals surface area contributed by atoms with E-state index in [1.165, 1.54) is 24.3 Å². The molecule has 1 atom stereocenters. The quantitative estimate of drug-likeness (QED) is 0.847. The van der Waals surface area contributed by atoms with Crippen LogP contribution in [-0.2, 0) is 22.6 Å². The van der Waals surface area contributed by atoms with E-state index in [-0.39, 0.29) is 30.0 Å². The lowest BCUT2D eigenvalue weighted by Gasteiger charge is -2.34. The van der Waals surface area contributed by atoms with Crippen LogP contribution in [0.4, 0.5) is 8.78 Å². The normalized spacial score (nSPS) is 17.0. The topological polar surface area (TPSA) is 49.4 Å². The molecule has 1 unspecified atom stereocenters. The Morgan fingerprint density at radius 2 is 1.59 bits per heavy atom. The number of nitrogens with one attached hydrogen (secondary N) is 1. The zero-order chi connectivity index (χ0) is 19.2. The van der Waals surface area contributed by atoms with Crippen molar-refractivity contribution in [1.29, 1.82) is 0 Å². The molecule has 3 rings (SSSR count). The predicted octanol–water partition coefficient (Wildman–Crippen LogP) is 3.20. The van der Waals surface area contributed by atoms with Crippen LogP contribution in [0.25, 0.3) is 0 Å². The van der Waals surface area contributed by atoms with Gasteiger partial charge in [-0.15, -0.1) is 0 Å². The summed E-state index contributed by atoms with van der Waals surface area (Å²) in [7, 11) is 0. The van der Waals surface area contributed by atoms with E-state index in [0.29, 0.717) is 32.2 Å². The van der Waals surface area contributed by atoms with Crippen LogP contribution in [0, 0.1) is 11.6 Å². The standard InChI is InChI=1S/C21H22F2N2O2/c22-17-8-4-15(5-9-17)12-13-24-21(27)19-2-1-3-20(26)25(19)14-16-6-10-18(23)11-7-16/h4-11,19H,1-3,12-14H2,(H,24,27). The molecule has 2 amide bonds. The summed E-state index contributed by atoms with van der Waals surface area (Å²) >= 11 is 0. The smallest absolute Gasteiger partial charge is 0.242 e. The number of hydrogen-bond acceptors (Lipinski definition) is 2. The van der Waals surface area contributed by atoms with Gasteiger partial charge in [0.1, 0.15) is 17.7 Å². The van der Waals surface area contributed by atoms with Gasteiger partial charge in [-0.05, 0) is 54.7 Å². The molecule has 2 aromatic carbocycles. The molecule has 4 nitrogen and oxygen atoms in total. The third-order valence-corrected chi connectivity index (χ3v) is 4.76. The van der Waals surface area contributed by atoms with Crippen LogP contribution in [0.15, 0.2) is 48.5 Å². The first kappa shape index (κ1) is 19.0. The minimum atomic E-state index is -0.524. The second-order valence-corrected chi connectivity index (χ2v) is 6.72. The summed E-state index contributed by atoms with van der Waals surface area (Å²) < 4.78 is 26.0. The van der Waals surface area contributed by atoms with E-state index in [4.69, 9.17) is 0 Å². The SMILES string of the molecule is O=C(NCCc1ccc(F)cc1)C1CCCC(=O)N1Cc1ccc(F)cc1. The summed E-state index contributed by atoms with van der Waals surface area (Å²) in [5, 5.41) is 2.87. The number of nitrogens with zero attached hydrogens (tertiary/aromatic N) is 1. The van der Waals surface area contributed by atoms with Crippen molar-refractivity contribution in [3.8, 4) is 0 Å². The largest absolute Gasteiger partial charge is 0.354 e. The van der Waals surface area contributed by atoms with Crippen LogP contribution in [0.3, 0.4) is 0 Å². The Labute approximate surface area is 157 Å². The Morgan fingerprint density at radius 3 is 2.22 bits per heavy atom. The van der Waals surface area contributed by atoms with Crippen LogP contribution in [-0.4, -0.2) is 29.3 Å². The summed E-state index contributed by atoms with van der Waals surface area (Å²) in [4.78, 5) is 26.5. The molecule has 1 heterocycles. The van der Waals surface area contributed by atoms with Gasteiger partial charge in [0, 0.05) is 19.5 Å². The van der Waals surface area contributed by atoms with Gasteiger partial charge in [0.05, 0.1) is 0 Å². The molecule has 1 saturated heterocycles. The Bertz CT molecular complexity index is 791. The Kier molecular flexibility index (Phi) is 6.16. The van der Waals surface area contributed by atoms with Crippen molar-refractivity contribution >= 4 is 11.8 Å². The first-order chi connectivity index (χ1) is 13.0. The minimum Gasteiger partial charge on any atom is -0.354 e. The highest BCUT2D eigenvalue weighted by atomic mass is 19.1. The molecule has 142 valence electrons. The number of carbonyl (C=O) groups is 2. The molecule has 0 radical (unpaired) electrons. The van der Waals surface area contributed by atoms with Crippen molar-refractivity contribution < 1.29 is 18.4 Å². The average Bonchev–Trinajstić information content (AvgIpc) is 2.66. The Balaban J connectivity index is 1.59. The molecular weight excluding hydrogens is 350 g/mol. The van der Waals surface area contributed by atoms with E-state index >= 15 is 0 Å². The predicted molar refractivity (Wildman–Crippen MR) is 97.7 cm³/mol. The van der Waals surface area contributed by atoms with Crippen molar-refractivity contribution in [3.63, 3.8) is 0 Å². The Morgan fingerprint density at radius 1 is 1.00 bits per heavy atom. The number of amides is 2. The zero-order valence-electron chi connectivity index (χ0n) is 15.0. The molecule has 0 spiro atoms. The number of piperidine rings is 1. The highest BCUT2D eigenvalue weighted by Crippen LogP contribution is 2.21. The lowest BCUT2D eigenvalue weighted by atomic mass is 9.99. The van der Waals surface area contributed by atoms with Gasteiger partial charge in [0.2, 0.25) is 11.8 Å². The number of hydrogen-bond donors (Lipinski definition) is 1. The van der Waals surface area contributed by atoms with E-state index in [1.807, 2.05) is 0 Å². The van der Waals surface area contributed by atoms with Gasteiger partial charge in [-0.2, -0.15) is 0 Å². The molecule has 1 aliphatic rings. The maximum Gasteiger partial charge on any atom is 0.242 e. The van der Waals surface area contributed by atoms with Crippen LogP contribution in [0.2, 0.25) is 0 Å². The molecule has 0 aliphatic carbocycles. The average molecular weight is 372 g/mol. The molecule has 1 N–H and O–H groups in total. The third kappa shape index (κ3) is 5.12. The van der Waals surface area contributed by atoms with Crippen molar-refractivity contribution in [1.82, 2.24) is 10.2 Å². The number of carbonyl (C=O) groups excluding carboxylic acids is 2. The van der Waals surface area contributed by atoms with Crippen molar-refractivity contribution in [3.05, 3.63) is 71.3 Å². The molecule has 0 saturated carbocycles. The molecule has 2 aromatic rings. The number of rotatable bonds is 6. The fourth-order valence-electron chi connectivity index (χ4n) is 3.28. The van der Waals surface area contributed by atoms with Gasteiger partial charge in [-0.1, -0.05) is 24.3 Å². The zero-order valence-corrected chi connectivity index (χ0v) is 15.0. The summed E-state index contributed by atoms with van der Waals surface area (Å²) in [6, 6.07) is 11.6. The summed E-state index contributed by atoms with van der Waals surface area (Å²) in [5.74, 6) is -0.879. The van der Waals surface area contributed by atoms with Crippen LogP contribution in [0.5, 0.6) is 0 Å². The highest BCUT2D eigenvalue weighted by molar-refractivity contribution is 5.88. The first-order valence-electron chi connectivity index (χ1n) is 9.09. The van der Waals surface area contributed by atoms with Crippen molar-refractivity contribution in [2.45, 2.75) is 38.3 Å². The second kappa shape index (κ2) is 8.75. The van der Waals surface area contributed by atoms with Crippen LogP contribution in [0.1, 0.15) is 30.4 Å². The van der Waals surface area contributed by atoms with Gasteiger partial charge >= 0.3 is 0 Å². The maximum absolute atomic E-state index is 13.1. The monoisotopic (exact) mass is 372 g/mol. The molecular formula is C21H22F2N2O2. The van der Waals surface area contributed by atoms with Gasteiger partial charge in [-0.25, -0.2) is 8.78 Å². The van der Waals surface area contributed by atoms with E-state index in [0.717, 1.165) is 11.1 Å². The lowest BCUT2D eigenvalue weighted by Crippen LogP contribution is -2.51. The number of halogens is 2. The molecule has 27 heavy (non-hydrogen) atoms. The molecule has 1 fully saturated rings. The first-order valence-corrected chi connectivity index (χ1v) is 9.09. The highest BCUT2D eigenvalue weighted by Gasteiger charge is 2.32. The van der Waals surface area contributed by atoms with Crippen molar-refractivity contribution in [2.75, 3.05) is 6.54 Å². The van der Waals surface area contributed by atoms with E-state index in [1.54, 1.807) is 29.2 Å². The summed E-state index contributed by atoms with van der Waals surface area (Å²) in [6.07, 6.45) is 2.29. The van der Waals surface area contributed by atoms with Gasteiger partial charge < -0.3 is 10.2 Å². The van der Waals surface area contributed by atoms with Crippen LogP contribution >= 0.6 is 0 Å². The van der Waals surface area contributed by atoms with E-state index < -0.39 is 6.04 Å². The van der Waals surface area contributed by atoms with Gasteiger partial charge in [0.15, 0.2) is 0 Å². The molecule has 0 bridgehead atoms. The number of likely N-dealkylation sites (tertiary alicyclic amines) is 1. The van der Waals surface area contributed by atoms with Gasteiger partial charge in [-0.3, -0.25) is 9.59 Å². The minimum absolute atomic E-state index is 0.0655. The molecule has 0 aromatic heterocycles. The Hall–Kier alpha value is -2.76. The molecule has 6 heteroatoms.